The van der Waals surface area contributed by atoms with Gasteiger partial charge in [0.25, 0.3) is 0 Å². The number of carboxylic acids is 1. The van der Waals surface area contributed by atoms with Crippen LogP contribution in [0.5, 0.6) is 0 Å². The van der Waals surface area contributed by atoms with Crippen LogP contribution in [0, 0.1) is 5.41 Å². The van der Waals surface area contributed by atoms with Crippen LogP contribution in [0.3, 0.4) is 0 Å². The summed E-state index contributed by atoms with van der Waals surface area (Å²) >= 11 is 0. The van der Waals surface area contributed by atoms with E-state index in [2.05, 4.69) is 10.3 Å². The van der Waals surface area contributed by atoms with Gasteiger partial charge in [0, 0.05) is 25.5 Å². The van der Waals surface area contributed by atoms with Crippen molar-refractivity contribution in [1.82, 2.24) is 14.9 Å². The summed E-state index contributed by atoms with van der Waals surface area (Å²) in [6, 6.07) is 0. The van der Waals surface area contributed by atoms with Crippen molar-refractivity contribution in [3.63, 3.8) is 0 Å². The fourth-order valence-corrected chi connectivity index (χ4v) is 1.96. The van der Waals surface area contributed by atoms with Gasteiger partial charge in [-0.05, 0) is 12.8 Å². The molecule has 1 saturated carbocycles. The Bertz CT molecular complexity index is 410. The summed E-state index contributed by atoms with van der Waals surface area (Å²) in [7, 11) is 0. The van der Waals surface area contributed by atoms with Crippen LogP contribution in [0.25, 0.3) is 0 Å². The molecule has 1 amide bonds. The predicted octanol–water partition coefficient (Wildman–Crippen LogP) is 0.254. The van der Waals surface area contributed by atoms with E-state index in [1.165, 1.54) is 0 Å². The van der Waals surface area contributed by atoms with Crippen LogP contribution in [0.1, 0.15) is 19.3 Å². The minimum absolute atomic E-state index is 0.364. The highest BCUT2D eigenvalue weighted by Gasteiger charge is 2.50. The van der Waals surface area contributed by atoms with Crippen molar-refractivity contribution in [2.75, 3.05) is 6.54 Å². The molecule has 0 spiro atoms. The van der Waals surface area contributed by atoms with Crippen molar-refractivity contribution in [3.05, 3.63) is 18.7 Å². The monoisotopic (exact) mass is 237 g/mol. The first-order chi connectivity index (χ1) is 8.15. The highest BCUT2D eigenvalue weighted by molar-refractivity contribution is 6.02. The van der Waals surface area contributed by atoms with Gasteiger partial charge < -0.3 is 15.0 Å². The molecule has 0 saturated heterocycles. The van der Waals surface area contributed by atoms with Crippen molar-refractivity contribution in [2.24, 2.45) is 5.41 Å². The topological polar surface area (TPSA) is 84.2 Å². The number of imidazole rings is 1. The third-order valence-electron chi connectivity index (χ3n) is 3.27. The maximum atomic E-state index is 11.8. The summed E-state index contributed by atoms with van der Waals surface area (Å²) in [4.78, 5) is 26.7. The molecule has 6 heteroatoms. The maximum Gasteiger partial charge on any atom is 0.319 e. The molecule has 17 heavy (non-hydrogen) atoms. The third kappa shape index (κ3) is 2.15. The van der Waals surface area contributed by atoms with E-state index in [1.807, 2.05) is 4.57 Å². The van der Waals surface area contributed by atoms with Crippen LogP contribution < -0.4 is 5.32 Å². The molecular formula is C11H15N3O3. The Kier molecular flexibility index (Phi) is 3.12. The van der Waals surface area contributed by atoms with Gasteiger partial charge in [0.1, 0.15) is 5.41 Å². The number of hydrogen-bond acceptors (Lipinski definition) is 3. The highest BCUT2D eigenvalue weighted by atomic mass is 16.4. The van der Waals surface area contributed by atoms with Crippen molar-refractivity contribution < 1.29 is 14.7 Å². The minimum atomic E-state index is -1.17. The van der Waals surface area contributed by atoms with E-state index in [4.69, 9.17) is 5.11 Å². The van der Waals surface area contributed by atoms with Crippen LogP contribution in [-0.4, -0.2) is 33.1 Å². The van der Waals surface area contributed by atoms with Crippen LogP contribution in [0.4, 0.5) is 0 Å². The van der Waals surface area contributed by atoms with Gasteiger partial charge in [0.05, 0.1) is 6.33 Å². The average Bonchev–Trinajstić information content (AvgIpc) is 2.67. The van der Waals surface area contributed by atoms with E-state index >= 15 is 0 Å². The lowest BCUT2D eigenvalue weighted by molar-refractivity contribution is -0.162. The van der Waals surface area contributed by atoms with Gasteiger partial charge >= 0.3 is 5.97 Å². The molecule has 0 radical (unpaired) electrons. The highest BCUT2D eigenvalue weighted by Crippen LogP contribution is 2.41. The Morgan fingerprint density at radius 1 is 1.47 bits per heavy atom. The molecule has 1 aliphatic carbocycles. The van der Waals surface area contributed by atoms with E-state index in [9.17, 15) is 9.59 Å². The zero-order chi connectivity index (χ0) is 12.3. The first-order valence-corrected chi connectivity index (χ1v) is 5.62. The molecule has 1 heterocycles. The molecule has 0 atom stereocenters. The fraction of sp³-hybridized carbons (Fsp3) is 0.545. The first kappa shape index (κ1) is 11.6. The van der Waals surface area contributed by atoms with Crippen molar-refractivity contribution in [3.8, 4) is 0 Å². The number of carbonyl (C=O) groups excluding carboxylic acids is 1. The SMILES string of the molecule is O=C(O)C1(C(=O)NCCn2ccnc2)CCC1. The van der Waals surface area contributed by atoms with Crippen LogP contribution >= 0.6 is 0 Å². The van der Waals surface area contributed by atoms with E-state index in [0.717, 1.165) is 6.42 Å². The summed E-state index contributed by atoms with van der Waals surface area (Å²) in [5.41, 5.74) is -1.17. The lowest BCUT2D eigenvalue weighted by atomic mass is 9.68. The lowest BCUT2D eigenvalue weighted by Gasteiger charge is -2.35. The fourth-order valence-electron chi connectivity index (χ4n) is 1.96. The Morgan fingerprint density at radius 2 is 2.24 bits per heavy atom. The number of aliphatic carboxylic acids is 1. The van der Waals surface area contributed by atoms with Gasteiger partial charge in [-0.2, -0.15) is 0 Å². The summed E-state index contributed by atoms with van der Waals surface area (Å²) in [5, 5.41) is 11.7. The van der Waals surface area contributed by atoms with E-state index in [-0.39, 0.29) is 5.91 Å². The molecule has 0 bridgehead atoms. The number of rotatable bonds is 5. The normalized spacial score (nSPS) is 17.2. The minimum Gasteiger partial charge on any atom is -0.480 e. The molecule has 2 N–H and O–H groups in total. The van der Waals surface area contributed by atoms with Gasteiger partial charge in [-0.3, -0.25) is 9.59 Å². The van der Waals surface area contributed by atoms with Crippen LogP contribution in [0.15, 0.2) is 18.7 Å². The summed E-state index contributed by atoms with van der Waals surface area (Å²) in [6.07, 6.45) is 6.80. The largest absolute Gasteiger partial charge is 0.480 e. The Hall–Kier alpha value is -1.85. The Morgan fingerprint density at radius 3 is 2.71 bits per heavy atom. The number of carboxylic acid groups (broad SMARTS) is 1. The first-order valence-electron chi connectivity index (χ1n) is 5.62. The average molecular weight is 237 g/mol. The molecule has 6 nitrogen and oxygen atoms in total. The maximum absolute atomic E-state index is 11.8. The molecule has 2 rings (SSSR count). The van der Waals surface area contributed by atoms with Crippen molar-refractivity contribution in [2.45, 2.75) is 25.8 Å². The Balaban J connectivity index is 1.83. The van der Waals surface area contributed by atoms with Crippen LogP contribution in [0.2, 0.25) is 0 Å². The molecule has 0 aliphatic heterocycles. The standard InChI is InChI=1S/C11H15N3O3/c15-9(11(10(16)17)2-1-3-11)13-5-7-14-6-4-12-8-14/h4,6,8H,1-3,5,7H2,(H,13,15)(H,16,17). The van der Waals surface area contributed by atoms with Crippen LogP contribution in [-0.2, 0) is 16.1 Å². The third-order valence-corrected chi connectivity index (χ3v) is 3.27. The zero-order valence-electron chi connectivity index (χ0n) is 9.43. The zero-order valence-corrected chi connectivity index (χ0v) is 9.43. The van der Waals surface area contributed by atoms with Gasteiger partial charge in [-0.25, -0.2) is 4.98 Å². The van der Waals surface area contributed by atoms with Gasteiger partial charge in [-0.15, -0.1) is 0 Å². The van der Waals surface area contributed by atoms with E-state index in [1.54, 1.807) is 18.7 Å². The van der Waals surface area contributed by atoms with Crippen molar-refractivity contribution >= 4 is 11.9 Å². The molecule has 1 aromatic heterocycles. The second-order valence-electron chi connectivity index (χ2n) is 4.30. The number of aromatic nitrogens is 2. The number of nitrogens with one attached hydrogen (secondary N) is 1. The Labute approximate surface area is 98.7 Å². The summed E-state index contributed by atoms with van der Waals surface area (Å²) in [6.45, 7) is 1.02. The van der Waals surface area contributed by atoms with Gasteiger partial charge in [-0.1, -0.05) is 6.42 Å². The molecule has 1 aliphatic rings. The molecular weight excluding hydrogens is 222 g/mol. The van der Waals surface area contributed by atoms with Gasteiger partial charge in [0.2, 0.25) is 5.91 Å². The molecule has 1 fully saturated rings. The second kappa shape index (κ2) is 4.57. The predicted molar refractivity (Wildman–Crippen MR) is 59.2 cm³/mol. The smallest absolute Gasteiger partial charge is 0.319 e. The molecule has 0 aromatic carbocycles. The second-order valence-corrected chi connectivity index (χ2v) is 4.30. The lowest BCUT2D eigenvalue weighted by Crippen LogP contribution is -2.51. The quantitative estimate of drug-likeness (QED) is 0.719. The summed E-state index contributed by atoms with van der Waals surface area (Å²) < 4.78 is 1.83. The number of nitrogens with zero attached hydrogens (tertiary/aromatic N) is 2. The number of amides is 1. The molecule has 1 aromatic rings. The molecule has 0 unspecified atom stereocenters. The van der Waals surface area contributed by atoms with E-state index < -0.39 is 11.4 Å². The van der Waals surface area contributed by atoms with E-state index in [0.29, 0.717) is 25.9 Å². The molecule has 92 valence electrons. The number of hydrogen-bond donors (Lipinski definition) is 2. The van der Waals surface area contributed by atoms with Crippen molar-refractivity contribution in [1.29, 1.82) is 0 Å². The number of carbonyl (C=O) groups is 2. The van der Waals surface area contributed by atoms with Gasteiger partial charge in [0.15, 0.2) is 0 Å². The summed E-state index contributed by atoms with van der Waals surface area (Å²) in [5.74, 6) is -1.37.